The molecule has 0 aliphatic heterocycles. The lowest BCUT2D eigenvalue weighted by atomic mass is 10.2. The Labute approximate surface area is 92.3 Å². The highest BCUT2D eigenvalue weighted by Crippen LogP contribution is 2.15. The minimum absolute atomic E-state index is 0.356. The van der Waals surface area contributed by atoms with Gasteiger partial charge < -0.3 is 11.1 Å². The Bertz CT molecular complexity index is 452. The average Bonchev–Trinajstić information content (AvgIpc) is 2.27. The zero-order valence-electron chi connectivity index (χ0n) is 8.52. The summed E-state index contributed by atoms with van der Waals surface area (Å²) in [7, 11) is 0. The Morgan fingerprint density at radius 3 is 2.88 bits per heavy atom. The molecule has 82 valence electrons. The average molecular weight is 218 g/mol. The molecule has 0 aliphatic rings. The topological polar surface area (TPSA) is 63.8 Å². The highest BCUT2D eigenvalue weighted by Gasteiger charge is 1.98. The van der Waals surface area contributed by atoms with Gasteiger partial charge in [-0.1, -0.05) is 0 Å². The number of hydrogen-bond acceptors (Lipinski definition) is 4. The number of nitrogens with zero attached hydrogens (tertiary/aromatic N) is 2. The Balaban J connectivity index is 2.05. The van der Waals surface area contributed by atoms with Gasteiger partial charge in [-0.05, 0) is 24.3 Å². The molecule has 0 unspecified atom stereocenters. The van der Waals surface area contributed by atoms with Crippen LogP contribution in [-0.4, -0.2) is 9.97 Å². The minimum atomic E-state index is -0.356. The van der Waals surface area contributed by atoms with Gasteiger partial charge in [0.15, 0.2) is 0 Å². The maximum absolute atomic E-state index is 13.0. The molecule has 4 nitrogen and oxygen atoms in total. The molecule has 0 bridgehead atoms. The summed E-state index contributed by atoms with van der Waals surface area (Å²) in [5.74, 6) is -0.356. The standard InChI is InChI=1S/C11H11FN4/c12-8-3-9(13)5-11(4-8)15-6-10-1-2-14-7-16-10/h1-5,7,15H,6,13H2. The zero-order valence-corrected chi connectivity index (χ0v) is 8.52. The quantitative estimate of drug-likeness (QED) is 0.771. The number of halogens is 1. The lowest BCUT2D eigenvalue weighted by Crippen LogP contribution is -2.02. The van der Waals surface area contributed by atoms with Gasteiger partial charge in [0.05, 0.1) is 12.2 Å². The third-order valence-corrected chi connectivity index (χ3v) is 2.04. The summed E-state index contributed by atoms with van der Waals surface area (Å²) in [6.07, 6.45) is 3.13. The van der Waals surface area contributed by atoms with Gasteiger partial charge in [-0.3, -0.25) is 0 Å². The van der Waals surface area contributed by atoms with Crippen LogP contribution < -0.4 is 11.1 Å². The molecule has 0 radical (unpaired) electrons. The van der Waals surface area contributed by atoms with Crippen LogP contribution in [0.25, 0.3) is 0 Å². The molecular formula is C11H11FN4. The molecule has 0 amide bonds. The van der Waals surface area contributed by atoms with Crippen LogP contribution in [0.15, 0.2) is 36.8 Å². The van der Waals surface area contributed by atoms with Gasteiger partial charge in [-0.15, -0.1) is 0 Å². The molecule has 0 saturated heterocycles. The van der Waals surface area contributed by atoms with Crippen molar-refractivity contribution in [3.63, 3.8) is 0 Å². The molecule has 5 heteroatoms. The van der Waals surface area contributed by atoms with Crippen LogP contribution in [-0.2, 0) is 6.54 Å². The van der Waals surface area contributed by atoms with Crippen molar-refractivity contribution in [1.29, 1.82) is 0 Å². The van der Waals surface area contributed by atoms with Crippen LogP contribution in [0.4, 0.5) is 15.8 Å². The Morgan fingerprint density at radius 1 is 1.31 bits per heavy atom. The molecule has 2 rings (SSSR count). The number of aromatic nitrogens is 2. The van der Waals surface area contributed by atoms with Gasteiger partial charge in [0.25, 0.3) is 0 Å². The molecule has 0 atom stereocenters. The number of nitrogen functional groups attached to an aromatic ring is 1. The smallest absolute Gasteiger partial charge is 0.127 e. The normalized spacial score (nSPS) is 10.1. The van der Waals surface area contributed by atoms with E-state index in [4.69, 9.17) is 5.73 Å². The van der Waals surface area contributed by atoms with Crippen LogP contribution in [0.5, 0.6) is 0 Å². The predicted molar refractivity (Wildman–Crippen MR) is 60.2 cm³/mol. The fourth-order valence-electron chi connectivity index (χ4n) is 1.33. The van der Waals surface area contributed by atoms with E-state index in [1.54, 1.807) is 18.3 Å². The molecule has 0 saturated carbocycles. The first-order valence-corrected chi connectivity index (χ1v) is 4.79. The largest absolute Gasteiger partial charge is 0.399 e. The fraction of sp³-hybridized carbons (Fsp3) is 0.0909. The van der Waals surface area contributed by atoms with Crippen molar-refractivity contribution >= 4 is 11.4 Å². The zero-order chi connectivity index (χ0) is 11.4. The summed E-state index contributed by atoms with van der Waals surface area (Å²) in [6.45, 7) is 0.505. The van der Waals surface area contributed by atoms with Crippen molar-refractivity contribution in [2.24, 2.45) is 0 Å². The lowest BCUT2D eigenvalue weighted by Gasteiger charge is -2.06. The maximum atomic E-state index is 13.0. The van der Waals surface area contributed by atoms with Crippen LogP contribution in [0.2, 0.25) is 0 Å². The van der Waals surface area contributed by atoms with Crippen molar-refractivity contribution in [1.82, 2.24) is 9.97 Å². The molecular weight excluding hydrogens is 207 g/mol. The second-order valence-corrected chi connectivity index (χ2v) is 3.33. The third-order valence-electron chi connectivity index (χ3n) is 2.04. The Kier molecular flexibility index (Phi) is 2.95. The van der Waals surface area contributed by atoms with Crippen molar-refractivity contribution < 1.29 is 4.39 Å². The first-order valence-electron chi connectivity index (χ1n) is 4.79. The highest BCUT2D eigenvalue weighted by molar-refractivity contribution is 5.54. The first-order chi connectivity index (χ1) is 7.74. The molecule has 16 heavy (non-hydrogen) atoms. The van der Waals surface area contributed by atoms with Crippen LogP contribution in [0, 0.1) is 5.82 Å². The Morgan fingerprint density at radius 2 is 2.19 bits per heavy atom. The van der Waals surface area contributed by atoms with Gasteiger partial charge >= 0.3 is 0 Å². The number of benzene rings is 1. The van der Waals surface area contributed by atoms with E-state index in [1.165, 1.54) is 18.5 Å². The molecule has 2 aromatic rings. The lowest BCUT2D eigenvalue weighted by molar-refractivity contribution is 0.629. The van der Waals surface area contributed by atoms with Gasteiger partial charge in [0.2, 0.25) is 0 Å². The van der Waals surface area contributed by atoms with Crippen molar-refractivity contribution in [3.8, 4) is 0 Å². The summed E-state index contributed by atoms with van der Waals surface area (Å²) >= 11 is 0. The van der Waals surface area contributed by atoms with Gasteiger partial charge in [0.1, 0.15) is 12.1 Å². The predicted octanol–water partition coefficient (Wildman–Crippen LogP) is 1.81. The molecule has 1 aromatic heterocycles. The number of rotatable bonds is 3. The molecule has 0 fully saturated rings. The summed E-state index contributed by atoms with van der Waals surface area (Å²) < 4.78 is 13.0. The van der Waals surface area contributed by atoms with E-state index in [0.717, 1.165) is 5.69 Å². The second-order valence-electron chi connectivity index (χ2n) is 3.33. The summed E-state index contributed by atoms with van der Waals surface area (Å²) in [5.41, 5.74) is 7.38. The maximum Gasteiger partial charge on any atom is 0.127 e. The van der Waals surface area contributed by atoms with Crippen molar-refractivity contribution in [2.75, 3.05) is 11.1 Å². The Hall–Kier alpha value is -2.17. The summed E-state index contributed by atoms with van der Waals surface area (Å²) in [5, 5.41) is 3.03. The van der Waals surface area contributed by atoms with E-state index >= 15 is 0 Å². The fourth-order valence-corrected chi connectivity index (χ4v) is 1.33. The van der Waals surface area contributed by atoms with Crippen molar-refractivity contribution in [3.05, 3.63) is 48.3 Å². The van der Waals surface area contributed by atoms with Crippen LogP contribution >= 0.6 is 0 Å². The monoisotopic (exact) mass is 218 g/mol. The van der Waals surface area contributed by atoms with E-state index in [-0.39, 0.29) is 5.82 Å². The number of anilines is 2. The molecule has 3 N–H and O–H groups in total. The molecule has 0 aliphatic carbocycles. The van der Waals surface area contributed by atoms with E-state index in [0.29, 0.717) is 17.9 Å². The number of nitrogens with two attached hydrogens (primary N) is 1. The van der Waals surface area contributed by atoms with E-state index < -0.39 is 0 Å². The molecule has 1 heterocycles. The van der Waals surface area contributed by atoms with E-state index in [2.05, 4.69) is 15.3 Å². The van der Waals surface area contributed by atoms with Crippen molar-refractivity contribution in [2.45, 2.75) is 6.54 Å². The second kappa shape index (κ2) is 4.57. The SMILES string of the molecule is Nc1cc(F)cc(NCc2ccncn2)c1. The third kappa shape index (κ3) is 2.66. The van der Waals surface area contributed by atoms with Crippen LogP contribution in [0.1, 0.15) is 5.69 Å². The minimum Gasteiger partial charge on any atom is -0.399 e. The van der Waals surface area contributed by atoms with Gasteiger partial charge in [-0.2, -0.15) is 0 Å². The van der Waals surface area contributed by atoms with E-state index in [9.17, 15) is 4.39 Å². The van der Waals surface area contributed by atoms with E-state index in [1.807, 2.05) is 0 Å². The first kappa shape index (κ1) is 10.4. The molecule has 0 spiro atoms. The number of nitrogens with one attached hydrogen (secondary N) is 1. The number of hydrogen-bond donors (Lipinski definition) is 2. The van der Waals surface area contributed by atoms with Gasteiger partial charge in [0, 0.05) is 17.6 Å². The van der Waals surface area contributed by atoms with Gasteiger partial charge in [-0.25, -0.2) is 14.4 Å². The van der Waals surface area contributed by atoms with Crippen LogP contribution in [0.3, 0.4) is 0 Å². The molecule has 1 aromatic carbocycles. The summed E-state index contributed by atoms with van der Waals surface area (Å²) in [4.78, 5) is 7.85. The highest BCUT2D eigenvalue weighted by atomic mass is 19.1. The summed E-state index contributed by atoms with van der Waals surface area (Å²) in [6, 6.07) is 6.12.